The van der Waals surface area contributed by atoms with Gasteiger partial charge in [0.15, 0.2) is 0 Å². The molecular formula is C48H78. The van der Waals surface area contributed by atoms with E-state index >= 15 is 0 Å². The summed E-state index contributed by atoms with van der Waals surface area (Å²) in [6, 6.07) is 0. The first-order chi connectivity index (χ1) is 22.1. The van der Waals surface area contributed by atoms with Crippen molar-refractivity contribution in [3.63, 3.8) is 0 Å². The average Bonchev–Trinajstić information content (AvgIpc) is 3.56. The van der Waals surface area contributed by atoms with Crippen LogP contribution in [0.1, 0.15) is 145 Å². The van der Waals surface area contributed by atoms with Crippen LogP contribution in [0.25, 0.3) is 0 Å². The van der Waals surface area contributed by atoms with Crippen LogP contribution in [0.4, 0.5) is 0 Å². The van der Waals surface area contributed by atoms with Crippen molar-refractivity contribution < 1.29 is 0 Å². The standard InChI is InChI=1S/C22H32.C16H26.C10H20/c1-10-12(3)16(7)21-19(14(10)5)18(9)20-15(6)11(2)13(4)17(8)22(20)21;1-8-9(2)12(5)16-14(7)10(3)13(6)15(16)11(8)4;1-6-7(2)9(4)10(5)8(6)3/h18-22H,1-9H3;10,13-16H,1-7H3;6-10H,1-5H3. The highest BCUT2D eigenvalue weighted by molar-refractivity contribution is 5.50. The fourth-order valence-corrected chi connectivity index (χ4v) is 12.5. The van der Waals surface area contributed by atoms with Crippen molar-refractivity contribution in [1.29, 1.82) is 0 Å². The summed E-state index contributed by atoms with van der Waals surface area (Å²) in [5, 5.41) is 0. The third-order valence-electron chi connectivity index (χ3n) is 17.9. The predicted octanol–water partition coefficient (Wildman–Crippen LogP) is 14.5. The van der Waals surface area contributed by atoms with Crippen LogP contribution in [-0.2, 0) is 0 Å². The van der Waals surface area contributed by atoms with Gasteiger partial charge in [-0.15, -0.1) is 0 Å². The van der Waals surface area contributed by atoms with Gasteiger partial charge >= 0.3 is 0 Å². The Kier molecular flexibility index (Phi) is 11.6. The molecule has 0 nitrogen and oxygen atoms in total. The van der Waals surface area contributed by atoms with Gasteiger partial charge in [0.25, 0.3) is 0 Å². The first kappa shape index (κ1) is 39.2. The van der Waals surface area contributed by atoms with Gasteiger partial charge in [-0.3, -0.25) is 0 Å². The summed E-state index contributed by atoms with van der Waals surface area (Å²) in [6.07, 6.45) is 0. The van der Waals surface area contributed by atoms with Gasteiger partial charge in [-0.2, -0.15) is 0 Å². The van der Waals surface area contributed by atoms with Crippen LogP contribution in [0, 0.1) is 88.8 Å². The number of allylic oxidation sites excluding steroid dienone is 12. The fraction of sp³-hybridized carbons (Fsp3) is 0.750. The predicted molar refractivity (Wildman–Crippen MR) is 214 cm³/mol. The van der Waals surface area contributed by atoms with Crippen molar-refractivity contribution >= 4 is 0 Å². The van der Waals surface area contributed by atoms with Crippen molar-refractivity contribution in [2.24, 2.45) is 88.8 Å². The number of rotatable bonds is 0. The van der Waals surface area contributed by atoms with E-state index in [1.54, 1.807) is 66.9 Å². The van der Waals surface area contributed by atoms with Crippen LogP contribution in [0.5, 0.6) is 0 Å². The van der Waals surface area contributed by atoms with E-state index < -0.39 is 0 Å². The average molecular weight is 655 g/mol. The lowest BCUT2D eigenvalue weighted by molar-refractivity contribution is 0.352. The number of hydrogen-bond donors (Lipinski definition) is 0. The lowest BCUT2D eigenvalue weighted by atomic mass is 9.67. The lowest BCUT2D eigenvalue weighted by Crippen LogP contribution is -2.27. The van der Waals surface area contributed by atoms with Crippen LogP contribution in [0.3, 0.4) is 0 Å². The molecule has 0 aromatic rings. The monoisotopic (exact) mass is 655 g/mol. The maximum Gasteiger partial charge on any atom is -0.00601 e. The van der Waals surface area contributed by atoms with E-state index in [2.05, 4.69) is 145 Å². The van der Waals surface area contributed by atoms with E-state index in [1.165, 1.54) is 0 Å². The third-order valence-corrected chi connectivity index (χ3v) is 17.9. The van der Waals surface area contributed by atoms with E-state index in [0.717, 1.165) is 88.8 Å². The van der Waals surface area contributed by atoms with E-state index in [0.29, 0.717) is 0 Å². The molecular weight excluding hydrogens is 577 g/mol. The third kappa shape index (κ3) is 5.98. The SMILES string of the molecule is CC1=C(C)C2C(C)C(C)C(C)C2C(C)=C1C.CC1=C(C)C2C(C)C3C(C)=C(C)C(C)=C(C)C3C2C(C)=C1C.CC1C(C)C(C)C(C)C1C. The Labute approximate surface area is 300 Å². The molecule has 0 aromatic heterocycles. The molecule has 0 heteroatoms. The van der Waals surface area contributed by atoms with Crippen molar-refractivity contribution in [3.05, 3.63) is 66.9 Å². The molecule has 0 heterocycles. The number of fused-ring (bicyclic) bond motifs is 4. The van der Waals surface area contributed by atoms with Gasteiger partial charge in [-0.05, 0) is 205 Å². The molecule has 8 unspecified atom stereocenters. The summed E-state index contributed by atoms with van der Waals surface area (Å²) in [4.78, 5) is 0. The molecule has 8 atom stereocenters. The second-order valence-electron chi connectivity index (χ2n) is 18.7. The van der Waals surface area contributed by atoms with E-state index in [-0.39, 0.29) is 0 Å². The van der Waals surface area contributed by atoms with E-state index in [1.807, 2.05) is 0 Å². The zero-order valence-corrected chi connectivity index (χ0v) is 35.7. The van der Waals surface area contributed by atoms with Gasteiger partial charge in [0.1, 0.15) is 0 Å². The molecule has 0 aromatic carbocycles. The van der Waals surface area contributed by atoms with Gasteiger partial charge in [0.2, 0.25) is 0 Å². The molecule has 0 radical (unpaired) electrons. The summed E-state index contributed by atoms with van der Waals surface area (Å²) in [6.45, 7) is 50.2. The molecule has 0 aliphatic heterocycles. The fourth-order valence-electron chi connectivity index (χ4n) is 12.5. The maximum atomic E-state index is 2.51. The molecule has 3 fully saturated rings. The molecule has 0 saturated heterocycles. The molecule has 0 spiro atoms. The number of hydrogen-bond acceptors (Lipinski definition) is 0. The first-order valence-corrected chi connectivity index (χ1v) is 20.2. The second-order valence-corrected chi connectivity index (χ2v) is 18.7. The topological polar surface area (TPSA) is 0 Å². The Morgan fingerprint density at radius 2 is 0.333 bits per heavy atom. The van der Waals surface area contributed by atoms with E-state index in [4.69, 9.17) is 0 Å². The molecule has 6 aliphatic carbocycles. The maximum absolute atomic E-state index is 2.51. The molecule has 6 aliphatic rings. The minimum atomic E-state index is 0.724. The van der Waals surface area contributed by atoms with Gasteiger partial charge in [-0.1, -0.05) is 95.8 Å². The highest BCUT2D eigenvalue weighted by Crippen LogP contribution is 2.62. The zero-order chi connectivity index (χ0) is 36.6. The van der Waals surface area contributed by atoms with Crippen LogP contribution in [0.2, 0.25) is 0 Å². The summed E-state index contributed by atoms with van der Waals surface area (Å²) < 4.78 is 0. The molecule has 0 amide bonds. The summed E-state index contributed by atoms with van der Waals surface area (Å²) in [5.74, 6) is 12.5. The molecule has 0 N–H and O–H groups in total. The molecule has 0 bridgehead atoms. The highest BCUT2D eigenvalue weighted by Gasteiger charge is 2.54. The summed E-state index contributed by atoms with van der Waals surface area (Å²) in [5.41, 5.74) is 19.3. The minimum absolute atomic E-state index is 0.724. The normalized spacial score (nSPS) is 44.1. The summed E-state index contributed by atoms with van der Waals surface area (Å²) in [7, 11) is 0. The van der Waals surface area contributed by atoms with Gasteiger partial charge in [-0.25, -0.2) is 0 Å². The minimum Gasteiger partial charge on any atom is -0.0661 e. The zero-order valence-electron chi connectivity index (χ0n) is 35.7. The quantitative estimate of drug-likeness (QED) is 0.244. The largest absolute Gasteiger partial charge is 0.0661 e. The molecule has 48 heavy (non-hydrogen) atoms. The molecule has 3 saturated carbocycles. The van der Waals surface area contributed by atoms with E-state index in [9.17, 15) is 0 Å². The Morgan fingerprint density at radius 3 is 0.542 bits per heavy atom. The Morgan fingerprint density at radius 1 is 0.188 bits per heavy atom. The van der Waals surface area contributed by atoms with Crippen LogP contribution in [0.15, 0.2) is 66.9 Å². The molecule has 270 valence electrons. The highest BCUT2D eigenvalue weighted by atomic mass is 14.6. The Balaban J connectivity index is 0.000000175. The van der Waals surface area contributed by atoms with Gasteiger partial charge in [0, 0.05) is 0 Å². The Bertz CT molecular complexity index is 1320. The lowest BCUT2D eigenvalue weighted by Gasteiger charge is -2.37. The van der Waals surface area contributed by atoms with Crippen LogP contribution in [-0.4, -0.2) is 0 Å². The van der Waals surface area contributed by atoms with Crippen molar-refractivity contribution in [3.8, 4) is 0 Å². The van der Waals surface area contributed by atoms with Crippen LogP contribution < -0.4 is 0 Å². The first-order valence-electron chi connectivity index (χ1n) is 20.2. The summed E-state index contributed by atoms with van der Waals surface area (Å²) >= 11 is 0. The van der Waals surface area contributed by atoms with Gasteiger partial charge < -0.3 is 0 Å². The molecule has 6 rings (SSSR count). The van der Waals surface area contributed by atoms with Gasteiger partial charge in [0.05, 0.1) is 0 Å². The van der Waals surface area contributed by atoms with Crippen LogP contribution >= 0.6 is 0 Å². The van der Waals surface area contributed by atoms with Crippen molar-refractivity contribution in [2.75, 3.05) is 0 Å². The van der Waals surface area contributed by atoms with Crippen molar-refractivity contribution in [2.45, 2.75) is 145 Å². The Hall–Kier alpha value is -1.56. The van der Waals surface area contributed by atoms with Crippen molar-refractivity contribution in [1.82, 2.24) is 0 Å². The second kappa shape index (κ2) is 14.2. The smallest absolute Gasteiger partial charge is 0.00601 e.